The van der Waals surface area contributed by atoms with Gasteiger partial charge < -0.3 is 24.4 Å². The minimum absolute atomic E-state index is 0.248. The van der Waals surface area contributed by atoms with Crippen molar-refractivity contribution in [1.29, 1.82) is 0 Å². The predicted molar refractivity (Wildman–Crippen MR) is 98.9 cm³/mol. The molecule has 0 radical (unpaired) electrons. The maximum Gasteiger partial charge on any atom is 0.338 e. The van der Waals surface area contributed by atoms with E-state index in [1.807, 2.05) is 0 Å². The van der Waals surface area contributed by atoms with Gasteiger partial charge in [-0.05, 0) is 24.3 Å². The van der Waals surface area contributed by atoms with Gasteiger partial charge in [-0.3, -0.25) is 0 Å². The number of esters is 2. The highest BCUT2D eigenvalue weighted by molar-refractivity contribution is 6.21. The number of carbonyl (C=O) groups is 2. The lowest BCUT2D eigenvalue weighted by Gasteiger charge is -2.40. The molecule has 2 N–H and O–H groups in total. The first-order chi connectivity index (χ1) is 13.5. The van der Waals surface area contributed by atoms with Crippen LogP contribution in [0.3, 0.4) is 0 Å². The van der Waals surface area contributed by atoms with Crippen molar-refractivity contribution >= 4 is 23.5 Å². The van der Waals surface area contributed by atoms with Gasteiger partial charge >= 0.3 is 11.9 Å². The number of aliphatic hydroxyl groups is 2. The van der Waals surface area contributed by atoms with E-state index in [1.54, 1.807) is 48.5 Å². The molecule has 5 atom stereocenters. The molecule has 1 heterocycles. The van der Waals surface area contributed by atoms with E-state index >= 15 is 0 Å². The Labute approximate surface area is 166 Å². The summed E-state index contributed by atoms with van der Waals surface area (Å²) in [4.78, 5) is 24.9. The summed E-state index contributed by atoms with van der Waals surface area (Å²) in [6.45, 7) is -0.510. The minimum Gasteiger partial charge on any atom is -0.453 e. The molecule has 1 unspecified atom stereocenters. The van der Waals surface area contributed by atoms with Crippen molar-refractivity contribution in [3.8, 4) is 0 Å². The summed E-state index contributed by atoms with van der Waals surface area (Å²) in [5.41, 5.74) is 0.513. The Hall–Kier alpha value is -2.45. The second-order valence-electron chi connectivity index (χ2n) is 6.16. The highest BCUT2D eigenvalue weighted by Crippen LogP contribution is 2.29. The topological polar surface area (TPSA) is 102 Å². The molecule has 7 nitrogen and oxygen atoms in total. The molecule has 0 aliphatic carbocycles. The third kappa shape index (κ3) is 4.51. The molecule has 0 spiro atoms. The summed E-state index contributed by atoms with van der Waals surface area (Å²) in [6, 6.07) is 16.3. The fourth-order valence-corrected chi connectivity index (χ4v) is 3.15. The lowest BCUT2D eigenvalue weighted by atomic mass is 10.0. The van der Waals surface area contributed by atoms with Crippen molar-refractivity contribution in [3.05, 3.63) is 71.8 Å². The summed E-state index contributed by atoms with van der Waals surface area (Å²) in [6.07, 6.45) is -5.24. The van der Waals surface area contributed by atoms with E-state index in [-0.39, 0.29) is 11.1 Å². The van der Waals surface area contributed by atoms with Crippen LogP contribution in [0.1, 0.15) is 20.7 Å². The van der Waals surface area contributed by atoms with Gasteiger partial charge in [0.25, 0.3) is 0 Å². The monoisotopic (exact) mass is 406 g/mol. The number of halogens is 1. The third-order valence-electron chi connectivity index (χ3n) is 4.27. The van der Waals surface area contributed by atoms with Crippen LogP contribution in [0.5, 0.6) is 0 Å². The number of hydrogen-bond acceptors (Lipinski definition) is 7. The first-order valence-electron chi connectivity index (χ1n) is 8.61. The molecule has 148 valence electrons. The molecule has 1 fully saturated rings. The molecule has 28 heavy (non-hydrogen) atoms. The average molecular weight is 407 g/mol. The van der Waals surface area contributed by atoms with Gasteiger partial charge in [0, 0.05) is 0 Å². The normalized spacial score (nSPS) is 27.0. The van der Waals surface area contributed by atoms with E-state index in [9.17, 15) is 19.8 Å². The Morgan fingerprint density at radius 2 is 1.36 bits per heavy atom. The van der Waals surface area contributed by atoms with E-state index in [4.69, 9.17) is 25.8 Å². The van der Waals surface area contributed by atoms with Gasteiger partial charge in [-0.25, -0.2) is 9.59 Å². The number of hydrogen-bond donors (Lipinski definition) is 2. The molecule has 0 amide bonds. The quantitative estimate of drug-likeness (QED) is 0.576. The highest BCUT2D eigenvalue weighted by atomic mass is 35.5. The van der Waals surface area contributed by atoms with E-state index in [0.29, 0.717) is 0 Å². The Balaban J connectivity index is 1.82. The number of benzene rings is 2. The van der Waals surface area contributed by atoms with Crippen molar-refractivity contribution in [2.75, 3.05) is 6.61 Å². The van der Waals surface area contributed by atoms with Crippen molar-refractivity contribution in [3.63, 3.8) is 0 Å². The summed E-state index contributed by atoms with van der Waals surface area (Å²) < 4.78 is 16.0. The van der Waals surface area contributed by atoms with E-state index < -0.39 is 48.5 Å². The van der Waals surface area contributed by atoms with E-state index in [0.717, 1.165) is 0 Å². The smallest absolute Gasteiger partial charge is 0.338 e. The van der Waals surface area contributed by atoms with Crippen LogP contribution >= 0.6 is 11.6 Å². The Bertz CT molecular complexity index is 799. The van der Waals surface area contributed by atoms with Crippen LogP contribution < -0.4 is 0 Å². The zero-order valence-electron chi connectivity index (χ0n) is 14.7. The van der Waals surface area contributed by atoms with E-state index in [2.05, 4.69) is 0 Å². The van der Waals surface area contributed by atoms with Crippen molar-refractivity contribution < 1.29 is 34.0 Å². The number of carbonyl (C=O) groups excluding carboxylic acids is 2. The predicted octanol–water partition coefficient (Wildman–Crippen LogP) is 1.75. The fourth-order valence-electron chi connectivity index (χ4n) is 2.82. The molecule has 1 aliphatic rings. The zero-order valence-corrected chi connectivity index (χ0v) is 15.4. The van der Waals surface area contributed by atoms with Gasteiger partial charge in [0.15, 0.2) is 18.5 Å². The second kappa shape index (κ2) is 9.16. The molecule has 0 saturated carbocycles. The first-order valence-corrected chi connectivity index (χ1v) is 9.05. The molecule has 1 aliphatic heterocycles. The molecule has 1 saturated heterocycles. The Morgan fingerprint density at radius 1 is 0.893 bits per heavy atom. The standard InChI is InChI=1S/C20H19ClO7/c21-15-14(11-22)26-20(25)17(28-19(24)13-9-5-2-6-10-13)16(15)27-18(23)12-7-3-1-4-8-12/h1-10,14-17,20,22,25H,11H2/t14-,15+,16+,17-,20?/m1/s1. The lowest BCUT2D eigenvalue weighted by Crippen LogP contribution is -2.59. The largest absolute Gasteiger partial charge is 0.453 e. The number of rotatable bonds is 5. The van der Waals surface area contributed by atoms with Crippen LogP contribution in [0.25, 0.3) is 0 Å². The van der Waals surface area contributed by atoms with Gasteiger partial charge in [0.1, 0.15) is 11.5 Å². The van der Waals surface area contributed by atoms with Gasteiger partial charge in [0.2, 0.25) is 0 Å². The highest BCUT2D eigenvalue weighted by Gasteiger charge is 2.49. The molecular weight excluding hydrogens is 388 g/mol. The average Bonchev–Trinajstić information content (AvgIpc) is 2.73. The summed E-state index contributed by atoms with van der Waals surface area (Å²) in [7, 11) is 0. The van der Waals surface area contributed by atoms with Crippen LogP contribution in [0.2, 0.25) is 0 Å². The van der Waals surface area contributed by atoms with Crippen molar-refractivity contribution in [2.24, 2.45) is 0 Å². The lowest BCUT2D eigenvalue weighted by molar-refractivity contribution is -0.249. The fraction of sp³-hybridized carbons (Fsp3) is 0.300. The van der Waals surface area contributed by atoms with Gasteiger partial charge in [-0.2, -0.15) is 0 Å². The van der Waals surface area contributed by atoms with Crippen molar-refractivity contribution in [2.45, 2.75) is 30.0 Å². The van der Waals surface area contributed by atoms with Crippen LogP contribution in [-0.4, -0.2) is 58.7 Å². The molecule has 3 rings (SSSR count). The number of aliphatic hydroxyl groups excluding tert-OH is 2. The zero-order chi connectivity index (χ0) is 20.1. The molecule has 0 bridgehead atoms. The Morgan fingerprint density at radius 3 is 1.82 bits per heavy atom. The van der Waals surface area contributed by atoms with E-state index in [1.165, 1.54) is 12.1 Å². The second-order valence-corrected chi connectivity index (χ2v) is 6.67. The van der Waals surface area contributed by atoms with Crippen LogP contribution in [0.15, 0.2) is 60.7 Å². The van der Waals surface area contributed by atoms with Gasteiger partial charge in [0.05, 0.1) is 17.7 Å². The summed E-state index contributed by atoms with van der Waals surface area (Å²) in [5.74, 6) is -1.44. The van der Waals surface area contributed by atoms with Crippen LogP contribution in [0.4, 0.5) is 0 Å². The van der Waals surface area contributed by atoms with Gasteiger partial charge in [-0.15, -0.1) is 11.6 Å². The van der Waals surface area contributed by atoms with Crippen LogP contribution in [0, 0.1) is 0 Å². The molecule has 2 aromatic carbocycles. The molecule has 8 heteroatoms. The summed E-state index contributed by atoms with van der Waals surface area (Å²) >= 11 is 6.31. The molecular formula is C20H19ClO7. The SMILES string of the molecule is O=C(O[C@H]1[C@@H](Cl)[C@@H](CO)OC(O)[C@@H]1OC(=O)c1ccccc1)c1ccccc1. The first kappa shape index (κ1) is 20.3. The van der Waals surface area contributed by atoms with Crippen LogP contribution in [-0.2, 0) is 14.2 Å². The number of ether oxygens (including phenoxy) is 3. The maximum absolute atomic E-state index is 12.5. The molecule has 2 aromatic rings. The molecule has 0 aromatic heterocycles. The number of alkyl halides is 1. The maximum atomic E-state index is 12.5. The van der Waals surface area contributed by atoms with Crippen molar-refractivity contribution in [1.82, 2.24) is 0 Å². The third-order valence-corrected chi connectivity index (χ3v) is 4.80. The minimum atomic E-state index is -1.63. The summed E-state index contributed by atoms with van der Waals surface area (Å²) in [5, 5.41) is 18.7. The van der Waals surface area contributed by atoms with Gasteiger partial charge in [-0.1, -0.05) is 36.4 Å². The Kier molecular flexibility index (Phi) is 6.64.